The first-order valence-electron chi connectivity index (χ1n) is 9.54. The molecule has 0 atom stereocenters. The molecule has 0 radical (unpaired) electrons. The topological polar surface area (TPSA) is 47.6 Å². The molecule has 0 bridgehead atoms. The second kappa shape index (κ2) is 8.61. The van der Waals surface area contributed by atoms with Crippen molar-refractivity contribution in [1.29, 1.82) is 0 Å². The van der Waals surface area contributed by atoms with E-state index in [0.717, 1.165) is 41.2 Å². The van der Waals surface area contributed by atoms with Gasteiger partial charge in [-0.2, -0.15) is 0 Å². The Kier molecular flexibility index (Phi) is 5.57. The summed E-state index contributed by atoms with van der Waals surface area (Å²) < 4.78 is 11.5. The predicted octanol–water partition coefficient (Wildman–Crippen LogP) is 4.06. The van der Waals surface area contributed by atoms with Gasteiger partial charge < -0.3 is 14.8 Å². The minimum absolute atomic E-state index is 0.00303. The monoisotopic (exact) mass is 373 g/mol. The number of amides is 1. The Morgan fingerprint density at radius 1 is 0.964 bits per heavy atom. The third-order valence-corrected chi connectivity index (χ3v) is 4.80. The van der Waals surface area contributed by atoms with E-state index in [9.17, 15) is 4.79 Å². The van der Waals surface area contributed by atoms with Crippen molar-refractivity contribution in [3.63, 3.8) is 0 Å². The molecule has 1 heterocycles. The molecule has 4 rings (SSSR count). The zero-order valence-electron chi connectivity index (χ0n) is 15.7. The van der Waals surface area contributed by atoms with Crippen molar-refractivity contribution in [2.24, 2.45) is 0 Å². The van der Waals surface area contributed by atoms with E-state index in [4.69, 9.17) is 9.47 Å². The lowest BCUT2D eigenvalue weighted by atomic mass is 10.1. The molecule has 28 heavy (non-hydrogen) atoms. The van der Waals surface area contributed by atoms with E-state index in [-0.39, 0.29) is 5.91 Å². The highest BCUT2D eigenvalue weighted by molar-refractivity contribution is 5.78. The van der Waals surface area contributed by atoms with E-state index >= 15 is 0 Å². The van der Waals surface area contributed by atoms with Crippen molar-refractivity contribution in [2.45, 2.75) is 26.0 Å². The molecule has 0 saturated carbocycles. The summed E-state index contributed by atoms with van der Waals surface area (Å²) in [7, 11) is 0. The molecule has 4 heteroatoms. The molecular weight excluding hydrogens is 350 g/mol. The van der Waals surface area contributed by atoms with Crippen LogP contribution in [0, 0.1) is 0 Å². The van der Waals surface area contributed by atoms with Crippen LogP contribution in [-0.4, -0.2) is 12.5 Å². The molecule has 3 aromatic carbocycles. The van der Waals surface area contributed by atoms with E-state index in [2.05, 4.69) is 11.4 Å². The van der Waals surface area contributed by atoms with Crippen LogP contribution in [0.15, 0.2) is 72.8 Å². The molecular formula is C24H23NO3. The first-order chi connectivity index (χ1) is 13.8. The van der Waals surface area contributed by atoms with Crippen LogP contribution in [0.2, 0.25) is 0 Å². The fourth-order valence-electron chi connectivity index (χ4n) is 3.32. The third-order valence-electron chi connectivity index (χ3n) is 4.80. The van der Waals surface area contributed by atoms with Crippen molar-refractivity contribution in [3.05, 3.63) is 95.1 Å². The highest BCUT2D eigenvalue weighted by atomic mass is 16.5. The average molecular weight is 373 g/mol. The summed E-state index contributed by atoms with van der Waals surface area (Å²) in [5.41, 5.74) is 4.27. The van der Waals surface area contributed by atoms with Gasteiger partial charge in [-0.25, -0.2) is 0 Å². The molecule has 0 fully saturated rings. The predicted molar refractivity (Wildman–Crippen MR) is 108 cm³/mol. The molecule has 4 nitrogen and oxygen atoms in total. The smallest absolute Gasteiger partial charge is 0.224 e. The zero-order valence-corrected chi connectivity index (χ0v) is 15.7. The van der Waals surface area contributed by atoms with E-state index in [1.54, 1.807) is 0 Å². The van der Waals surface area contributed by atoms with Gasteiger partial charge in [0.05, 0.1) is 13.0 Å². The van der Waals surface area contributed by atoms with Gasteiger partial charge in [0.25, 0.3) is 0 Å². The summed E-state index contributed by atoms with van der Waals surface area (Å²) in [4.78, 5) is 12.4. The average Bonchev–Trinajstić information content (AvgIpc) is 3.20. The van der Waals surface area contributed by atoms with Crippen LogP contribution < -0.4 is 14.8 Å². The van der Waals surface area contributed by atoms with Gasteiger partial charge in [0.2, 0.25) is 5.91 Å². The van der Waals surface area contributed by atoms with E-state index in [0.29, 0.717) is 19.6 Å². The Morgan fingerprint density at radius 3 is 2.68 bits per heavy atom. The number of benzene rings is 3. The SMILES string of the molecule is O=C(Cc1ccc2c(c1)CCO2)NCc1ccccc1OCc1ccccc1. The van der Waals surface area contributed by atoms with Gasteiger partial charge in [0.15, 0.2) is 0 Å². The quantitative estimate of drug-likeness (QED) is 0.679. The Labute approximate surface area is 165 Å². The van der Waals surface area contributed by atoms with Gasteiger partial charge in [-0.3, -0.25) is 4.79 Å². The number of para-hydroxylation sites is 1. The minimum atomic E-state index is -0.00303. The molecule has 0 unspecified atom stereocenters. The fourth-order valence-corrected chi connectivity index (χ4v) is 3.32. The van der Waals surface area contributed by atoms with Crippen LogP contribution in [0.25, 0.3) is 0 Å². The van der Waals surface area contributed by atoms with Gasteiger partial charge in [-0.15, -0.1) is 0 Å². The van der Waals surface area contributed by atoms with Crippen molar-refractivity contribution in [3.8, 4) is 11.5 Å². The second-order valence-corrected chi connectivity index (χ2v) is 6.88. The van der Waals surface area contributed by atoms with Gasteiger partial charge in [0, 0.05) is 18.5 Å². The number of rotatable bonds is 7. The number of carbonyl (C=O) groups excluding carboxylic acids is 1. The van der Waals surface area contributed by atoms with Crippen LogP contribution in [0.4, 0.5) is 0 Å². The van der Waals surface area contributed by atoms with Gasteiger partial charge in [-0.05, 0) is 28.8 Å². The number of ether oxygens (including phenoxy) is 2. The first-order valence-corrected chi connectivity index (χ1v) is 9.54. The standard InChI is InChI=1S/C24H23NO3/c26-24(15-19-10-11-23-20(14-19)12-13-27-23)25-16-21-8-4-5-9-22(21)28-17-18-6-2-1-3-7-18/h1-11,14H,12-13,15-17H2,(H,25,26). The van der Waals surface area contributed by atoms with E-state index in [1.807, 2.05) is 66.7 Å². The Hall–Kier alpha value is -3.27. The van der Waals surface area contributed by atoms with Crippen LogP contribution in [0.5, 0.6) is 11.5 Å². The summed E-state index contributed by atoms with van der Waals surface area (Å²) in [5, 5.41) is 3.00. The minimum Gasteiger partial charge on any atom is -0.493 e. The Morgan fingerprint density at radius 2 is 1.79 bits per heavy atom. The molecule has 3 aromatic rings. The lowest BCUT2D eigenvalue weighted by Crippen LogP contribution is -2.24. The molecule has 1 amide bonds. The highest BCUT2D eigenvalue weighted by Gasteiger charge is 2.13. The van der Waals surface area contributed by atoms with Crippen molar-refractivity contribution in [1.82, 2.24) is 5.32 Å². The number of carbonyl (C=O) groups is 1. The molecule has 0 spiro atoms. The van der Waals surface area contributed by atoms with Crippen LogP contribution in [-0.2, 0) is 30.8 Å². The van der Waals surface area contributed by atoms with Gasteiger partial charge in [0.1, 0.15) is 18.1 Å². The van der Waals surface area contributed by atoms with Crippen LogP contribution in [0.1, 0.15) is 22.3 Å². The lowest BCUT2D eigenvalue weighted by Gasteiger charge is -2.12. The second-order valence-electron chi connectivity index (χ2n) is 6.88. The number of hydrogen-bond donors (Lipinski definition) is 1. The molecule has 0 aromatic heterocycles. The number of fused-ring (bicyclic) bond motifs is 1. The van der Waals surface area contributed by atoms with Gasteiger partial charge in [-0.1, -0.05) is 60.7 Å². The zero-order chi connectivity index (χ0) is 19.2. The Bertz CT molecular complexity index is 953. The summed E-state index contributed by atoms with van der Waals surface area (Å²) in [6.07, 6.45) is 1.28. The summed E-state index contributed by atoms with van der Waals surface area (Å²) in [6.45, 7) is 1.67. The lowest BCUT2D eigenvalue weighted by molar-refractivity contribution is -0.120. The maximum absolute atomic E-state index is 12.4. The van der Waals surface area contributed by atoms with E-state index in [1.165, 1.54) is 5.56 Å². The van der Waals surface area contributed by atoms with Crippen molar-refractivity contribution in [2.75, 3.05) is 6.61 Å². The normalized spacial score (nSPS) is 12.1. The molecule has 1 N–H and O–H groups in total. The summed E-state index contributed by atoms with van der Waals surface area (Å²) in [6, 6.07) is 23.8. The molecule has 0 saturated heterocycles. The molecule has 142 valence electrons. The van der Waals surface area contributed by atoms with Gasteiger partial charge >= 0.3 is 0 Å². The molecule has 0 aliphatic carbocycles. The number of nitrogens with one attached hydrogen (secondary N) is 1. The van der Waals surface area contributed by atoms with Crippen molar-refractivity contribution >= 4 is 5.91 Å². The Balaban J connectivity index is 1.33. The number of hydrogen-bond acceptors (Lipinski definition) is 3. The highest BCUT2D eigenvalue weighted by Crippen LogP contribution is 2.26. The van der Waals surface area contributed by atoms with Crippen LogP contribution in [0.3, 0.4) is 0 Å². The summed E-state index contributed by atoms with van der Waals surface area (Å²) in [5.74, 6) is 1.73. The largest absolute Gasteiger partial charge is 0.493 e. The first kappa shape index (κ1) is 18.1. The maximum atomic E-state index is 12.4. The fraction of sp³-hybridized carbons (Fsp3) is 0.208. The van der Waals surface area contributed by atoms with E-state index < -0.39 is 0 Å². The molecule has 1 aliphatic rings. The third kappa shape index (κ3) is 4.52. The molecule has 1 aliphatic heterocycles. The van der Waals surface area contributed by atoms with Crippen LogP contribution >= 0.6 is 0 Å². The van der Waals surface area contributed by atoms with Crippen molar-refractivity contribution < 1.29 is 14.3 Å². The maximum Gasteiger partial charge on any atom is 0.224 e. The summed E-state index contributed by atoms with van der Waals surface area (Å²) >= 11 is 0.